The van der Waals surface area contributed by atoms with Crippen molar-refractivity contribution in [3.05, 3.63) is 39.2 Å². The van der Waals surface area contributed by atoms with E-state index >= 15 is 0 Å². The summed E-state index contributed by atoms with van der Waals surface area (Å²) >= 11 is 6.64. The number of non-ortho nitro benzene ring substituents is 1. The van der Waals surface area contributed by atoms with Crippen LogP contribution in [0.5, 0.6) is 0 Å². The largest absolute Gasteiger partial charge is 0.270 e. The Morgan fingerprint density at radius 1 is 1.45 bits per heavy atom. The fourth-order valence-corrected chi connectivity index (χ4v) is 3.64. The number of halogens is 1. The molecular formula is C9H7ClN4O4S2. The molecule has 0 aliphatic carbocycles. The SMILES string of the molecule is Cc1nsc(NS(=O)(=O)c2cc([N+](=O)[O-])ccc2Cl)n1. The van der Waals surface area contributed by atoms with E-state index in [-0.39, 0.29) is 20.7 Å². The summed E-state index contributed by atoms with van der Waals surface area (Å²) in [6, 6.07) is 3.16. The monoisotopic (exact) mass is 334 g/mol. The molecule has 20 heavy (non-hydrogen) atoms. The van der Waals surface area contributed by atoms with Crippen molar-refractivity contribution in [1.29, 1.82) is 0 Å². The molecule has 0 fully saturated rings. The summed E-state index contributed by atoms with van der Waals surface area (Å²) in [4.78, 5) is 13.4. The van der Waals surface area contributed by atoms with Gasteiger partial charge >= 0.3 is 0 Å². The van der Waals surface area contributed by atoms with Gasteiger partial charge in [-0.3, -0.25) is 14.8 Å². The fourth-order valence-electron chi connectivity index (χ4n) is 1.32. The molecule has 0 radical (unpaired) electrons. The number of sulfonamides is 1. The molecule has 2 aromatic rings. The van der Waals surface area contributed by atoms with Crippen molar-refractivity contribution in [3.63, 3.8) is 0 Å². The molecule has 0 unspecified atom stereocenters. The minimum absolute atomic E-state index is 0.0603. The Balaban J connectivity index is 2.43. The number of nitrogens with one attached hydrogen (secondary N) is 1. The molecule has 1 aromatic heterocycles. The van der Waals surface area contributed by atoms with E-state index in [1.165, 1.54) is 0 Å². The van der Waals surface area contributed by atoms with E-state index in [1.54, 1.807) is 6.92 Å². The summed E-state index contributed by atoms with van der Waals surface area (Å²) in [6.45, 7) is 1.61. The third kappa shape index (κ3) is 3.03. The van der Waals surface area contributed by atoms with Crippen LogP contribution in [0.1, 0.15) is 5.82 Å². The van der Waals surface area contributed by atoms with E-state index in [1.807, 2.05) is 0 Å². The van der Waals surface area contributed by atoms with Gasteiger partial charge < -0.3 is 0 Å². The van der Waals surface area contributed by atoms with Crippen LogP contribution in [0.4, 0.5) is 10.8 Å². The van der Waals surface area contributed by atoms with Gasteiger partial charge in [0.2, 0.25) is 5.13 Å². The van der Waals surface area contributed by atoms with E-state index in [0.29, 0.717) is 5.82 Å². The van der Waals surface area contributed by atoms with Gasteiger partial charge in [-0.25, -0.2) is 13.4 Å². The highest BCUT2D eigenvalue weighted by Gasteiger charge is 2.22. The molecule has 0 aliphatic heterocycles. The van der Waals surface area contributed by atoms with Gasteiger partial charge in [-0.1, -0.05) is 11.6 Å². The van der Waals surface area contributed by atoms with Crippen LogP contribution in [0.3, 0.4) is 0 Å². The number of benzene rings is 1. The Morgan fingerprint density at radius 2 is 2.15 bits per heavy atom. The van der Waals surface area contributed by atoms with Crippen LogP contribution in [0.25, 0.3) is 0 Å². The van der Waals surface area contributed by atoms with Crippen LogP contribution in [-0.2, 0) is 10.0 Å². The maximum atomic E-state index is 12.1. The summed E-state index contributed by atoms with van der Waals surface area (Å²) in [6.07, 6.45) is 0. The normalized spacial score (nSPS) is 11.3. The lowest BCUT2D eigenvalue weighted by Gasteiger charge is -2.06. The smallest absolute Gasteiger partial charge is 0.258 e. The number of rotatable bonds is 4. The van der Waals surface area contributed by atoms with Gasteiger partial charge in [0.1, 0.15) is 10.7 Å². The highest BCUT2D eigenvalue weighted by atomic mass is 35.5. The van der Waals surface area contributed by atoms with E-state index in [2.05, 4.69) is 14.1 Å². The Morgan fingerprint density at radius 3 is 2.70 bits per heavy atom. The molecule has 0 saturated carbocycles. The van der Waals surface area contributed by atoms with E-state index < -0.39 is 14.9 Å². The van der Waals surface area contributed by atoms with Gasteiger partial charge in [-0.05, 0) is 13.0 Å². The zero-order valence-corrected chi connectivity index (χ0v) is 12.3. The van der Waals surface area contributed by atoms with Gasteiger partial charge in [0.25, 0.3) is 15.7 Å². The van der Waals surface area contributed by atoms with Gasteiger partial charge in [0.05, 0.1) is 9.95 Å². The Hall–Kier alpha value is -1.78. The first-order valence-corrected chi connectivity index (χ1v) is 7.70. The second-order valence-electron chi connectivity index (χ2n) is 3.62. The summed E-state index contributed by atoms with van der Waals surface area (Å²) < 4.78 is 30.3. The molecule has 0 amide bonds. The second kappa shape index (κ2) is 5.31. The topological polar surface area (TPSA) is 115 Å². The van der Waals surface area contributed by atoms with Crippen molar-refractivity contribution in [1.82, 2.24) is 9.36 Å². The first-order chi connectivity index (χ1) is 9.29. The van der Waals surface area contributed by atoms with E-state index in [4.69, 9.17) is 11.6 Å². The Bertz CT molecular complexity index is 774. The zero-order chi connectivity index (χ0) is 14.9. The van der Waals surface area contributed by atoms with Gasteiger partial charge in [-0.15, -0.1) is 0 Å². The summed E-state index contributed by atoms with van der Waals surface area (Å²) in [5, 5.41) is 10.6. The molecule has 8 nitrogen and oxygen atoms in total. The number of nitrogens with zero attached hydrogens (tertiary/aromatic N) is 3. The minimum atomic E-state index is -4.07. The number of aryl methyl sites for hydroxylation is 1. The molecule has 1 N–H and O–H groups in total. The summed E-state index contributed by atoms with van der Waals surface area (Å²) in [5.74, 6) is 0.415. The quantitative estimate of drug-likeness (QED) is 0.677. The Labute approximate surface area is 122 Å². The number of nitro groups is 1. The molecule has 0 spiro atoms. The van der Waals surface area contributed by atoms with Gasteiger partial charge in [0.15, 0.2) is 0 Å². The molecule has 0 saturated heterocycles. The molecule has 0 bridgehead atoms. The van der Waals surface area contributed by atoms with Crippen LogP contribution >= 0.6 is 23.1 Å². The van der Waals surface area contributed by atoms with Crippen molar-refractivity contribution in [2.75, 3.05) is 4.72 Å². The molecular weight excluding hydrogens is 328 g/mol. The zero-order valence-electron chi connectivity index (χ0n) is 9.90. The molecule has 106 valence electrons. The standard InChI is InChI=1S/C9H7ClN4O4S2/c1-5-11-9(19-12-5)13-20(17,18)8-4-6(14(15)16)2-3-7(8)10/h2-4H,1H3,(H,11,12,13). The summed E-state index contributed by atoms with van der Waals surface area (Å²) in [7, 11) is -4.07. The summed E-state index contributed by atoms with van der Waals surface area (Å²) in [5.41, 5.74) is -0.372. The number of hydrogen-bond acceptors (Lipinski definition) is 7. The number of anilines is 1. The third-order valence-corrected chi connectivity index (χ3v) is 4.84. The third-order valence-electron chi connectivity index (χ3n) is 2.16. The molecule has 11 heteroatoms. The fraction of sp³-hybridized carbons (Fsp3) is 0.111. The predicted molar refractivity (Wildman–Crippen MR) is 73.6 cm³/mol. The highest BCUT2D eigenvalue weighted by Crippen LogP contribution is 2.28. The Kier molecular flexibility index (Phi) is 3.88. The van der Waals surface area contributed by atoms with E-state index in [9.17, 15) is 18.5 Å². The van der Waals surface area contributed by atoms with Gasteiger partial charge in [0, 0.05) is 23.7 Å². The van der Waals surface area contributed by atoms with Crippen LogP contribution in [0.2, 0.25) is 5.02 Å². The van der Waals surface area contributed by atoms with Crippen LogP contribution < -0.4 is 4.72 Å². The van der Waals surface area contributed by atoms with E-state index in [0.717, 1.165) is 29.7 Å². The number of nitro benzene ring substituents is 1. The number of hydrogen-bond donors (Lipinski definition) is 1. The predicted octanol–water partition coefficient (Wildman–Crippen LogP) is 2.21. The van der Waals surface area contributed by atoms with Crippen LogP contribution in [0.15, 0.2) is 23.1 Å². The lowest BCUT2D eigenvalue weighted by molar-refractivity contribution is -0.385. The lowest BCUT2D eigenvalue weighted by Crippen LogP contribution is -2.13. The average Bonchev–Trinajstić information content (AvgIpc) is 2.73. The maximum absolute atomic E-state index is 12.1. The first kappa shape index (κ1) is 14.6. The second-order valence-corrected chi connectivity index (χ2v) is 6.43. The minimum Gasteiger partial charge on any atom is -0.258 e. The van der Waals surface area contributed by atoms with Gasteiger partial charge in [-0.2, -0.15) is 4.37 Å². The average molecular weight is 335 g/mol. The molecule has 0 atom stereocenters. The highest BCUT2D eigenvalue weighted by molar-refractivity contribution is 7.93. The van der Waals surface area contributed by atoms with Crippen molar-refractivity contribution in [2.24, 2.45) is 0 Å². The van der Waals surface area contributed by atoms with Crippen molar-refractivity contribution in [2.45, 2.75) is 11.8 Å². The lowest BCUT2D eigenvalue weighted by atomic mass is 10.3. The molecule has 1 heterocycles. The molecule has 1 aromatic carbocycles. The molecule has 0 aliphatic rings. The van der Waals surface area contributed by atoms with Crippen molar-refractivity contribution in [3.8, 4) is 0 Å². The number of aromatic nitrogens is 2. The van der Waals surface area contributed by atoms with Crippen molar-refractivity contribution < 1.29 is 13.3 Å². The molecule has 2 rings (SSSR count). The van der Waals surface area contributed by atoms with Crippen molar-refractivity contribution >= 4 is 44.0 Å². The van der Waals surface area contributed by atoms with Crippen LogP contribution in [-0.4, -0.2) is 22.7 Å². The van der Waals surface area contributed by atoms with Crippen LogP contribution in [0, 0.1) is 17.0 Å². The maximum Gasteiger partial charge on any atom is 0.270 e. The first-order valence-electron chi connectivity index (χ1n) is 5.06.